The largest absolute Gasteiger partial charge is 0.508 e. The van der Waals surface area contributed by atoms with Crippen molar-refractivity contribution in [2.24, 2.45) is 0 Å². The number of fused-ring (bicyclic) bond motifs is 1. The van der Waals surface area contributed by atoms with E-state index in [0.29, 0.717) is 24.3 Å². The highest BCUT2D eigenvalue weighted by Crippen LogP contribution is 2.46. The molecule has 2 N–H and O–H groups in total. The van der Waals surface area contributed by atoms with Gasteiger partial charge < -0.3 is 19.9 Å². The molecule has 2 aromatic carbocycles. The Hall–Kier alpha value is -2.69. The van der Waals surface area contributed by atoms with E-state index in [1.807, 2.05) is 30.3 Å². The average molecular weight is 353 g/mol. The molecule has 0 bridgehead atoms. The number of aromatic hydroxyl groups is 1. The Morgan fingerprint density at radius 1 is 1.04 bits per heavy atom. The van der Waals surface area contributed by atoms with E-state index in [2.05, 4.69) is 5.32 Å². The van der Waals surface area contributed by atoms with Crippen LogP contribution in [0.1, 0.15) is 44.1 Å². The summed E-state index contributed by atoms with van der Waals surface area (Å²) in [6.45, 7) is 0. The summed E-state index contributed by atoms with van der Waals surface area (Å²) >= 11 is 0. The molecule has 0 saturated heterocycles. The molecule has 5 heteroatoms. The number of carbonyl (C=O) groups excluding carboxylic acids is 1. The summed E-state index contributed by atoms with van der Waals surface area (Å²) in [5, 5.41) is 12.7. The van der Waals surface area contributed by atoms with E-state index in [0.717, 1.165) is 37.0 Å². The van der Waals surface area contributed by atoms with Crippen molar-refractivity contribution in [1.29, 1.82) is 0 Å². The van der Waals surface area contributed by atoms with Crippen molar-refractivity contribution in [3.63, 3.8) is 0 Å². The van der Waals surface area contributed by atoms with Gasteiger partial charge in [-0.2, -0.15) is 0 Å². The lowest BCUT2D eigenvalue weighted by atomic mass is 9.94. The Morgan fingerprint density at radius 2 is 1.81 bits per heavy atom. The molecular weight excluding hydrogens is 330 g/mol. The number of aryl methyl sites for hydroxylation is 1. The number of carbonyl (C=O) groups is 1. The van der Waals surface area contributed by atoms with Gasteiger partial charge in [-0.15, -0.1) is 0 Å². The summed E-state index contributed by atoms with van der Waals surface area (Å²) in [6, 6.07) is 12.6. The van der Waals surface area contributed by atoms with Crippen LogP contribution >= 0.6 is 0 Å². The first-order valence-corrected chi connectivity index (χ1v) is 9.22. The zero-order chi connectivity index (χ0) is 18.0. The minimum atomic E-state index is -0.506. The Kier molecular flexibility index (Phi) is 4.45. The van der Waals surface area contributed by atoms with Gasteiger partial charge in [0.05, 0.1) is 0 Å². The zero-order valence-corrected chi connectivity index (χ0v) is 14.7. The van der Waals surface area contributed by atoms with Gasteiger partial charge in [0.2, 0.25) is 5.91 Å². The van der Waals surface area contributed by atoms with Gasteiger partial charge in [-0.1, -0.05) is 24.6 Å². The predicted octanol–water partition coefficient (Wildman–Crippen LogP) is 4.40. The highest BCUT2D eigenvalue weighted by atomic mass is 16.7. The van der Waals surface area contributed by atoms with Crippen molar-refractivity contribution in [3.8, 4) is 17.2 Å². The molecule has 2 aromatic rings. The average Bonchev–Trinajstić information content (AvgIpc) is 2.98. The molecule has 26 heavy (non-hydrogen) atoms. The third-order valence-corrected chi connectivity index (χ3v) is 5.05. The molecule has 1 aliphatic carbocycles. The molecule has 1 saturated carbocycles. The number of phenolic OH excluding ortho intramolecular Hbond substituents is 1. The van der Waals surface area contributed by atoms with Crippen LogP contribution < -0.4 is 14.8 Å². The van der Waals surface area contributed by atoms with Crippen LogP contribution in [0.25, 0.3) is 0 Å². The number of ether oxygens (including phenoxy) is 2. The van der Waals surface area contributed by atoms with Gasteiger partial charge in [0.1, 0.15) is 5.75 Å². The van der Waals surface area contributed by atoms with E-state index in [4.69, 9.17) is 9.47 Å². The van der Waals surface area contributed by atoms with E-state index < -0.39 is 5.79 Å². The number of hydrogen-bond acceptors (Lipinski definition) is 4. The molecule has 1 amide bonds. The molecule has 1 fully saturated rings. The number of amides is 1. The second-order valence-electron chi connectivity index (χ2n) is 7.01. The molecule has 0 atom stereocenters. The van der Waals surface area contributed by atoms with Crippen LogP contribution in [0.5, 0.6) is 17.2 Å². The molecular formula is C21H23NO4. The highest BCUT2D eigenvalue weighted by molar-refractivity contribution is 5.91. The summed E-state index contributed by atoms with van der Waals surface area (Å²) in [7, 11) is 0. The summed E-state index contributed by atoms with van der Waals surface area (Å²) in [5.74, 6) is 1.07. The van der Waals surface area contributed by atoms with E-state index in [9.17, 15) is 9.90 Å². The zero-order valence-electron chi connectivity index (χ0n) is 14.7. The number of benzene rings is 2. The first-order valence-electron chi connectivity index (χ1n) is 9.22. The Morgan fingerprint density at radius 3 is 2.62 bits per heavy atom. The number of para-hydroxylation sites is 1. The fourth-order valence-electron chi connectivity index (χ4n) is 3.66. The van der Waals surface area contributed by atoms with E-state index in [-0.39, 0.29) is 11.7 Å². The quantitative estimate of drug-likeness (QED) is 0.855. The van der Waals surface area contributed by atoms with Crippen molar-refractivity contribution >= 4 is 11.6 Å². The normalized spacial score (nSPS) is 17.2. The van der Waals surface area contributed by atoms with Crippen LogP contribution in [0.2, 0.25) is 0 Å². The molecule has 1 aliphatic heterocycles. The maximum absolute atomic E-state index is 12.2. The van der Waals surface area contributed by atoms with Crippen molar-refractivity contribution in [2.45, 2.75) is 50.7 Å². The van der Waals surface area contributed by atoms with Crippen LogP contribution in [0.3, 0.4) is 0 Å². The Balaban J connectivity index is 1.37. The molecule has 136 valence electrons. The lowest BCUT2D eigenvalue weighted by molar-refractivity contribution is -0.116. The molecule has 0 unspecified atom stereocenters. The van der Waals surface area contributed by atoms with Crippen LogP contribution in [0.4, 0.5) is 5.69 Å². The number of phenols is 1. The highest BCUT2D eigenvalue weighted by Gasteiger charge is 2.42. The van der Waals surface area contributed by atoms with Crippen LogP contribution in [0.15, 0.2) is 42.5 Å². The lowest BCUT2D eigenvalue weighted by Crippen LogP contribution is -2.40. The van der Waals surface area contributed by atoms with E-state index in [1.165, 1.54) is 6.42 Å². The summed E-state index contributed by atoms with van der Waals surface area (Å²) in [5.41, 5.74) is 1.47. The van der Waals surface area contributed by atoms with Crippen LogP contribution in [-0.4, -0.2) is 16.8 Å². The lowest BCUT2D eigenvalue weighted by Gasteiger charge is -2.31. The number of hydrogen-bond donors (Lipinski definition) is 2. The minimum Gasteiger partial charge on any atom is -0.508 e. The number of nitrogens with one attached hydrogen (secondary N) is 1. The van der Waals surface area contributed by atoms with Gasteiger partial charge in [0.15, 0.2) is 11.5 Å². The van der Waals surface area contributed by atoms with Crippen LogP contribution in [0, 0.1) is 0 Å². The second-order valence-corrected chi connectivity index (χ2v) is 7.01. The van der Waals surface area contributed by atoms with Crippen LogP contribution in [-0.2, 0) is 11.2 Å². The monoisotopic (exact) mass is 353 g/mol. The predicted molar refractivity (Wildman–Crippen MR) is 98.6 cm³/mol. The van der Waals surface area contributed by atoms with Crippen molar-refractivity contribution in [3.05, 3.63) is 48.0 Å². The van der Waals surface area contributed by atoms with Gasteiger partial charge in [0, 0.05) is 31.0 Å². The second kappa shape index (κ2) is 6.90. The standard InChI is InChI=1S/C21H23NO4/c23-17-7-3-2-6-15(17)8-11-20(24)22-16-9-10-18-19(14-16)26-21(25-18)12-4-1-5-13-21/h2-3,6-7,9-10,14,23H,1,4-5,8,11-13H2,(H,22,24). The first kappa shape index (κ1) is 16.8. The third-order valence-electron chi connectivity index (χ3n) is 5.05. The Labute approximate surface area is 152 Å². The van der Waals surface area contributed by atoms with Gasteiger partial charge in [-0.25, -0.2) is 0 Å². The summed E-state index contributed by atoms with van der Waals surface area (Å²) in [4.78, 5) is 12.2. The SMILES string of the molecule is O=C(CCc1ccccc1O)Nc1ccc2c(c1)OC1(CCCCC1)O2. The molecule has 0 radical (unpaired) electrons. The summed E-state index contributed by atoms with van der Waals surface area (Å²) < 4.78 is 12.1. The molecule has 5 nitrogen and oxygen atoms in total. The van der Waals surface area contributed by atoms with Gasteiger partial charge >= 0.3 is 0 Å². The molecule has 2 aliphatic rings. The van der Waals surface area contributed by atoms with Crippen molar-refractivity contribution in [1.82, 2.24) is 0 Å². The number of rotatable bonds is 4. The molecule has 1 spiro atoms. The maximum Gasteiger partial charge on any atom is 0.251 e. The van der Waals surface area contributed by atoms with Crippen molar-refractivity contribution in [2.75, 3.05) is 5.32 Å². The molecule has 0 aromatic heterocycles. The van der Waals surface area contributed by atoms with Gasteiger partial charge in [-0.05, 0) is 43.0 Å². The Bertz CT molecular complexity index is 811. The third kappa shape index (κ3) is 3.47. The molecule has 1 heterocycles. The summed E-state index contributed by atoms with van der Waals surface area (Å²) in [6.07, 6.45) is 6.06. The van der Waals surface area contributed by atoms with Crippen molar-refractivity contribution < 1.29 is 19.4 Å². The fourth-order valence-corrected chi connectivity index (χ4v) is 3.66. The number of anilines is 1. The molecule has 4 rings (SSSR count). The first-order chi connectivity index (χ1) is 12.6. The van der Waals surface area contributed by atoms with Gasteiger partial charge in [0.25, 0.3) is 5.79 Å². The van der Waals surface area contributed by atoms with E-state index >= 15 is 0 Å². The van der Waals surface area contributed by atoms with E-state index in [1.54, 1.807) is 12.1 Å². The maximum atomic E-state index is 12.2. The smallest absolute Gasteiger partial charge is 0.251 e. The minimum absolute atomic E-state index is 0.0977. The topological polar surface area (TPSA) is 67.8 Å². The van der Waals surface area contributed by atoms with Gasteiger partial charge in [-0.3, -0.25) is 4.79 Å². The fraction of sp³-hybridized carbons (Fsp3) is 0.381.